The molecule has 4 N–H and O–H groups in total. The molecule has 4 rings (SSSR count). The molecule has 0 spiro atoms. The van der Waals surface area contributed by atoms with Crippen LogP contribution in [0, 0.1) is 0 Å². The van der Waals surface area contributed by atoms with Gasteiger partial charge in [-0.15, -0.1) is 0 Å². The smallest absolute Gasteiger partial charge is 0.0574 e. The van der Waals surface area contributed by atoms with E-state index in [1.165, 1.54) is 62.8 Å². The highest BCUT2D eigenvalue weighted by Gasteiger charge is 2.29. The zero-order valence-electron chi connectivity index (χ0n) is 17.7. The molecule has 0 aromatic carbocycles. The minimum atomic E-state index is 0.283. The standard InChI is InChI=1S/C23H39N5/c1-16-18-12-7-13-19(28-18)17(2)27-23-11-6-4-9-21(23)25-15-14-24-20-8-3-5-10-22(20)26-16/h7,12-13,16-17,20-27H,3-6,8-11,14-15H2,1-2H3/t16-,17-,20?,21?,22-,23?/m1/s1. The lowest BCUT2D eigenvalue weighted by atomic mass is 9.89. The lowest BCUT2D eigenvalue weighted by Crippen LogP contribution is -2.54. The van der Waals surface area contributed by atoms with Gasteiger partial charge in [0, 0.05) is 49.3 Å². The minimum absolute atomic E-state index is 0.283. The van der Waals surface area contributed by atoms with Crippen LogP contribution in [0.4, 0.5) is 0 Å². The van der Waals surface area contributed by atoms with E-state index in [0.717, 1.165) is 13.1 Å². The fraction of sp³-hybridized carbons (Fsp3) is 0.783. The number of nitrogens with zero attached hydrogens (tertiary/aromatic N) is 1. The SMILES string of the molecule is C[C@H]1NC2CCCCC2NCCNC2CCCC[C@H]2N[C@H](C)c2cccc1n2. The third-order valence-corrected chi connectivity index (χ3v) is 7.08. The van der Waals surface area contributed by atoms with Gasteiger partial charge in [0.05, 0.1) is 11.4 Å². The van der Waals surface area contributed by atoms with Crippen LogP contribution in [0.15, 0.2) is 18.2 Å². The third kappa shape index (κ3) is 4.93. The topological polar surface area (TPSA) is 61.0 Å². The molecule has 1 aromatic heterocycles. The molecule has 1 aliphatic heterocycles. The van der Waals surface area contributed by atoms with Crippen molar-refractivity contribution in [1.82, 2.24) is 26.3 Å². The van der Waals surface area contributed by atoms with Crippen LogP contribution in [0.5, 0.6) is 0 Å². The first-order valence-corrected chi connectivity index (χ1v) is 11.7. The summed E-state index contributed by atoms with van der Waals surface area (Å²) >= 11 is 0. The molecule has 3 aliphatic rings. The van der Waals surface area contributed by atoms with E-state index >= 15 is 0 Å². The van der Waals surface area contributed by atoms with Gasteiger partial charge in [0.1, 0.15) is 0 Å². The summed E-state index contributed by atoms with van der Waals surface area (Å²) in [5.74, 6) is 0. The molecule has 1 aromatic rings. The number of fused-ring (bicyclic) bond motifs is 4. The first kappa shape index (κ1) is 20.3. The predicted octanol–water partition coefficient (Wildman–Crippen LogP) is 3.20. The summed E-state index contributed by atoms with van der Waals surface area (Å²) in [6, 6.07) is 9.34. The van der Waals surface area contributed by atoms with Crippen LogP contribution in [-0.2, 0) is 0 Å². The van der Waals surface area contributed by atoms with E-state index in [-0.39, 0.29) is 12.1 Å². The summed E-state index contributed by atoms with van der Waals surface area (Å²) in [6.45, 7) is 6.66. The summed E-state index contributed by atoms with van der Waals surface area (Å²) in [5.41, 5.74) is 2.34. The first-order valence-electron chi connectivity index (χ1n) is 11.7. The van der Waals surface area contributed by atoms with Crippen LogP contribution < -0.4 is 21.3 Å². The van der Waals surface area contributed by atoms with Crippen molar-refractivity contribution >= 4 is 0 Å². The Morgan fingerprint density at radius 3 is 1.57 bits per heavy atom. The number of nitrogens with one attached hydrogen (secondary N) is 4. The van der Waals surface area contributed by atoms with Gasteiger partial charge < -0.3 is 21.3 Å². The second-order valence-electron chi connectivity index (χ2n) is 9.17. The van der Waals surface area contributed by atoms with Crippen LogP contribution >= 0.6 is 0 Å². The Bertz CT molecular complexity index is 572. The quantitative estimate of drug-likeness (QED) is 0.552. The Kier molecular flexibility index (Phi) is 6.99. The van der Waals surface area contributed by atoms with Crippen LogP contribution in [0.3, 0.4) is 0 Å². The zero-order valence-corrected chi connectivity index (χ0v) is 17.7. The van der Waals surface area contributed by atoms with Gasteiger partial charge in [-0.2, -0.15) is 0 Å². The highest BCUT2D eigenvalue weighted by molar-refractivity contribution is 5.17. The van der Waals surface area contributed by atoms with Gasteiger partial charge in [-0.1, -0.05) is 31.7 Å². The molecule has 2 fully saturated rings. The van der Waals surface area contributed by atoms with E-state index in [1.54, 1.807) is 0 Å². The molecule has 0 radical (unpaired) electrons. The van der Waals surface area contributed by atoms with Gasteiger partial charge in [0.2, 0.25) is 0 Å². The molecular weight excluding hydrogens is 346 g/mol. The van der Waals surface area contributed by atoms with Gasteiger partial charge >= 0.3 is 0 Å². The molecule has 5 nitrogen and oxygen atoms in total. The Hall–Kier alpha value is -1.01. The highest BCUT2D eigenvalue weighted by atomic mass is 15.1. The lowest BCUT2D eigenvalue weighted by molar-refractivity contribution is 0.254. The van der Waals surface area contributed by atoms with E-state index in [1.807, 2.05) is 0 Å². The van der Waals surface area contributed by atoms with Crippen molar-refractivity contribution in [3.05, 3.63) is 29.6 Å². The maximum Gasteiger partial charge on any atom is 0.0574 e. The van der Waals surface area contributed by atoms with E-state index in [9.17, 15) is 0 Å². The normalized spacial score (nSPS) is 37.8. The van der Waals surface area contributed by atoms with E-state index < -0.39 is 0 Å². The van der Waals surface area contributed by atoms with Crippen molar-refractivity contribution in [2.75, 3.05) is 13.1 Å². The molecule has 6 atom stereocenters. The van der Waals surface area contributed by atoms with Crippen molar-refractivity contribution in [3.8, 4) is 0 Å². The molecule has 0 amide bonds. The van der Waals surface area contributed by atoms with Gasteiger partial charge in [-0.05, 0) is 51.7 Å². The van der Waals surface area contributed by atoms with Crippen LogP contribution in [-0.4, -0.2) is 42.2 Å². The molecule has 2 saturated carbocycles. The number of rotatable bonds is 0. The molecule has 2 heterocycles. The summed E-state index contributed by atoms with van der Waals surface area (Å²) in [7, 11) is 0. The summed E-state index contributed by atoms with van der Waals surface area (Å²) in [4.78, 5) is 5.06. The van der Waals surface area contributed by atoms with E-state index in [2.05, 4.69) is 53.3 Å². The van der Waals surface area contributed by atoms with Crippen molar-refractivity contribution in [1.29, 1.82) is 0 Å². The number of hydrogen-bond donors (Lipinski definition) is 4. The van der Waals surface area contributed by atoms with Crippen molar-refractivity contribution < 1.29 is 0 Å². The van der Waals surface area contributed by atoms with Gasteiger partial charge in [0.25, 0.3) is 0 Å². The van der Waals surface area contributed by atoms with Gasteiger partial charge in [0.15, 0.2) is 0 Å². The maximum absolute atomic E-state index is 5.06. The van der Waals surface area contributed by atoms with Crippen molar-refractivity contribution in [3.63, 3.8) is 0 Å². The highest BCUT2D eigenvalue weighted by Crippen LogP contribution is 2.24. The molecule has 5 heteroatoms. The fourth-order valence-corrected chi connectivity index (χ4v) is 5.43. The molecule has 2 aliphatic carbocycles. The van der Waals surface area contributed by atoms with Crippen LogP contribution in [0.25, 0.3) is 0 Å². The van der Waals surface area contributed by atoms with Gasteiger partial charge in [-0.25, -0.2) is 0 Å². The Balaban J connectivity index is 1.56. The number of pyridine rings is 1. The van der Waals surface area contributed by atoms with Gasteiger partial charge in [-0.3, -0.25) is 4.98 Å². The fourth-order valence-electron chi connectivity index (χ4n) is 5.43. The Labute approximate surface area is 170 Å². The van der Waals surface area contributed by atoms with Crippen molar-refractivity contribution in [2.24, 2.45) is 0 Å². The molecule has 2 bridgehead atoms. The summed E-state index contributed by atoms with van der Waals surface area (Å²) < 4.78 is 0. The second kappa shape index (κ2) is 9.66. The molecule has 0 saturated heterocycles. The zero-order chi connectivity index (χ0) is 19.3. The predicted molar refractivity (Wildman–Crippen MR) is 115 cm³/mol. The Morgan fingerprint density at radius 2 is 1.11 bits per heavy atom. The average Bonchev–Trinajstić information content (AvgIpc) is 2.73. The second-order valence-corrected chi connectivity index (χ2v) is 9.17. The summed E-state index contributed by atoms with van der Waals surface area (Å²) in [6.07, 6.45) is 10.4. The monoisotopic (exact) mass is 385 g/mol. The molecule has 156 valence electrons. The minimum Gasteiger partial charge on any atom is -0.311 e. The van der Waals surface area contributed by atoms with Crippen LogP contribution in [0.1, 0.15) is 88.7 Å². The van der Waals surface area contributed by atoms with Crippen LogP contribution in [0.2, 0.25) is 0 Å². The van der Waals surface area contributed by atoms with E-state index in [0.29, 0.717) is 24.2 Å². The number of aromatic nitrogens is 1. The van der Waals surface area contributed by atoms with E-state index in [4.69, 9.17) is 4.98 Å². The third-order valence-electron chi connectivity index (χ3n) is 7.08. The first-order chi connectivity index (χ1) is 13.7. The average molecular weight is 386 g/mol. The molecular formula is C23H39N5. The molecule has 28 heavy (non-hydrogen) atoms. The summed E-state index contributed by atoms with van der Waals surface area (Å²) in [5, 5.41) is 15.5. The Morgan fingerprint density at radius 1 is 0.679 bits per heavy atom. The molecule has 3 unspecified atom stereocenters. The maximum atomic E-state index is 5.06. The van der Waals surface area contributed by atoms with Crippen molar-refractivity contribution in [2.45, 2.75) is 101 Å². The largest absolute Gasteiger partial charge is 0.311 e. The lowest BCUT2D eigenvalue weighted by Gasteiger charge is -2.36. The number of hydrogen-bond acceptors (Lipinski definition) is 5.